The molecule has 1 aromatic rings. The van der Waals surface area contributed by atoms with Crippen molar-refractivity contribution in [1.82, 2.24) is 0 Å². The van der Waals surface area contributed by atoms with E-state index in [1.54, 1.807) is 24.3 Å². The summed E-state index contributed by atoms with van der Waals surface area (Å²) in [5.41, 5.74) is 0.681. The lowest BCUT2D eigenvalue weighted by atomic mass is 10.1. The minimum Gasteiger partial charge on any atom is -0.479 e. The summed E-state index contributed by atoms with van der Waals surface area (Å²) in [4.78, 5) is 24.9. The average Bonchev–Trinajstić information content (AvgIpc) is 2.98. The SMILES string of the molecule is N#CCCN(C(=O)C1CCC(C(=O)O)O1)c1ccccc1. The summed E-state index contributed by atoms with van der Waals surface area (Å²) in [6.07, 6.45) is -0.772. The maximum atomic E-state index is 12.5. The molecule has 0 spiro atoms. The van der Waals surface area contributed by atoms with Gasteiger partial charge >= 0.3 is 5.97 Å². The first-order valence-electron chi connectivity index (χ1n) is 6.75. The molecule has 1 aliphatic heterocycles. The van der Waals surface area contributed by atoms with Crippen molar-refractivity contribution < 1.29 is 19.4 Å². The van der Waals surface area contributed by atoms with Gasteiger partial charge in [-0.05, 0) is 25.0 Å². The Morgan fingerprint density at radius 3 is 2.52 bits per heavy atom. The predicted octanol–water partition coefficient (Wildman–Crippen LogP) is 1.57. The summed E-state index contributed by atoms with van der Waals surface area (Å²) in [6.45, 7) is 0.261. The van der Waals surface area contributed by atoms with Gasteiger partial charge in [-0.3, -0.25) is 4.79 Å². The molecule has 21 heavy (non-hydrogen) atoms. The normalized spacial score (nSPS) is 20.7. The molecule has 2 rings (SSSR count). The van der Waals surface area contributed by atoms with Gasteiger partial charge in [-0.15, -0.1) is 0 Å². The van der Waals surface area contributed by atoms with Crippen molar-refractivity contribution >= 4 is 17.6 Å². The van der Waals surface area contributed by atoms with Crippen LogP contribution in [0.3, 0.4) is 0 Å². The number of nitriles is 1. The van der Waals surface area contributed by atoms with E-state index in [1.807, 2.05) is 12.1 Å². The van der Waals surface area contributed by atoms with E-state index in [-0.39, 0.29) is 18.9 Å². The number of nitrogens with zero attached hydrogens (tertiary/aromatic N) is 2. The Bertz CT molecular complexity index is 553. The van der Waals surface area contributed by atoms with Gasteiger partial charge in [0.15, 0.2) is 6.10 Å². The number of anilines is 1. The number of ether oxygens (including phenoxy) is 1. The monoisotopic (exact) mass is 288 g/mol. The van der Waals surface area contributed by atoms with Crippen molar-refractivity contribution in [3.8, 4) is 6.07 Å². The van der Waals surface area contributed by atoms with Crippen LogP contribution in [0, 0.1) is 11.3 Å². The number of benzene rings is 1. The minimum atomic E-state index is -1.05. The van der Waals surface area contributed by atoms with Gasteiger partial charge in [0.05, 0.1) is 12.5 Å². The van der Waals surface area contributed by atoms with Crippen molar-refractivity contribution in [2.24, 2.45) is 0 Å². The Balaban J connectivity index is 2.12. The van der Waals surface area contributed by atoms with Crippen LogP contribution in [0.5, 0.6) is 0 Å². The van der Waals surface area contributed by atoms with E-state index in [0.29, 0.717) is 18.5 Å². The largest absolute Gasteiger partial charge is 0.479 e. The van der Waals surface area contributed by atoms with Crippen LogP contribution in [-0.4, -0.2) is 35.7 Å². The van der Waals surface area contributed by atoms with Gasteiger partial charge in [0.2, 0.25) is 0 Å². The number of hydrogen-bond acceptors (Lipinski definition) is 4. The van der Waals surface area contributed by atoms with Crippen LogP contribution in [0.4, 0.5) is 5.69 Å². The summed E-state index contributed by atoms with van der Waals surface area (Å²) in [6, 6.07) is 11.0. The van der Waals surface area contributed by atoms with Gasteiger partial charge in [0, 0.05) is 12.2 Å². The lowest BCUT2D eigenvalue weighted by Crippen LogP contribution is -2.40. The maximum Gasteiger partial charge on any atom is 0.332 e. The van der Waals surface area contributed by atoms with Crippen molar-refractivity contribution in [2.45, 2.75) is 31.5 Å². The van der Waals surface area contributed by atoms with E-state index in [4.69, 9.17) is 15.1 Å². The summed E-state index contributed by atoms with van der Waals surface area (Å²) < 4.78 is 5.29. The molecule has 0 radical (unpaired) electrons. The first kappa shape index (κ1) is 15.0. The zero-order chi connectivity index (χ0) is 15.2. The molecule has 1 aromatic carbocycles. The Labute approximate surface area is 122 Å². The fourth-order valence-electron chi connectivity index (χ4n) is 2.31. The van der Waals surface area contributed by atoms with Crippen LogP contribution >= 0.6 is 0 Å². The number of para-hydroxylation sites is 1. The molecular formula is C15H16N2O4. The van der Waals surface area contributed by atoms with Crippen molar-refractivity contribution in [3.63, 3.8) is 0 Å². The molecule has 2 atom stereocenters. The standard InChI is InChI=1S/C15H16N2O4/c16-9-4-10-17(11-5-2-1-3-6-11)14(18)12-7-8-13(21-12)15(19)20/h1-3,5-6,12-13H,4,7-8,10H2,(H,19,20). The van der Waals surface area contributed by atoms with Gasteiger partial charge < -0.3 is 14.7 Å². The van der Waals surface area contributed by atoms with E-state index in [1.165, 1.54) is 4.90 Å². The molecule has 0 aromatic heterocycles. The second-order valence-electron chi connectivity index (χ2n) is 4.76. The van der Waals surface area contributed by atoms with Gasteiger partial charge in [-0.25, -0.2) is 4.79 Å². The zero-order valence-corrected chi connectivity index (χ0v) is 11.4. The number of hydrogen-bond donors (Lipinski definition) is 1. The molecule has 0 aliphatic carbocycles. The highest BCUT2D eigenvalue weighted by atomic mass is 16.5. The van der Waals surface area contributed by atoms with Gasteiger partial charge in [-0.1, -0.05) is 18.2 Å². The van der Waals surface area contributed by atoms with Crippen LogP contribution in [0.25, 0.3) is 0 Å². The fraction of sp³-hybridized carbons (Fsp3) is 0.400. The molecule has 1 N–H and O–H groups in total. The van der Waals surface area contributed by atoms with Crippen LogP contribution in [0.15, 0.2) is 30.3 Å². The Hall–Kier alpha value is -2.39. The minimum absolute atomic E-state index is 0.204. The van der Waals surface area contributed by atoms with E-state index >= 15 is 0 Å². The quantitative estimate of drug-likeness (QED) is 0.888. The molecule has 1 saturated heterocycles. The summed E-state index contributed by atoms with van der Waals surface area (Å²) in [5, 5.41) is 17.6. The van der Waals surface area contributed by atoms with Crippen LogP contribution in [0.1, 0.15) is 19.3 Å². The molecule has 1 amide bonds. The lowest BCUT2D eigenvalue weighted by molar-refractivity contribution is -0.151. The second-order valence-corrected chi connectivity index (χ2v) is 4.76. The highest BCUT2D eigenvalue weighted by molar-refractivity contribution is 5.97. The number of rotatable bonds is 5. The Morgan fingerprint density at radius 1 is 1.29 bits per heavy atom. The molecule has 0 bridgehead atoms. The van der Waals surface area contributed by atoms with Crippen molar-refractivity contribution in [1.29, 1.82) is 5.26 Å². The predicted molar refractivity (Wildman–Crippen MR) is 74.6 cm³/mol. The molecular weight excluding hydrogens is 272 g/mol. The number of aliphatic carboxylic acids is 1. The summed E-state index contributed by atoms with van der Waals surface area (Å²) >= 11 is 0. The third-order valence-electron chi connectivity index (χ3n) is 3.35. The summed E-state index contributed by atoms with van der Waals surface area (Å²) in [7, 11) is 0. The highest BCUT2D eigenvalue weighted by Gasteiger charge is 2.37. The van der Waals surface area contributed by atoms with E-state index < -0.39 is 18.2 Å². The van der Waals surface area contributed by atoms with E-state index in [2.05, 4.69) is 0 Å². The molecule has 6 nitrogen and oxygen atoms in total. The highest BCUT2D eigenvalue weighted by Crippen LogP contribution is 2.24. The lowest BCUT2D eigenvalue weighted by Gasteiger charge is -2.24. The van der Waals surface area contributed by atoms with Crippen molar-refractivity contribution in [3.05, 3.63) is 30.3 Å². The third kappa shape index (κ3) is 3.58. The fourth-order valence-corrected chi connectivity index (χ4v) is 2.31. The second kappa shape index (κ2) is 6.86. The number of carboxylic acids is 1. The maximum absolute atomic E-state index is 12.5. The topological polar surface area (TPSA) is 90.6 Å². The smallest absolute Gasteiger partial charge is 0.332 e. The van der Waals surface area contributed by atoms with Crippen LogP contribution in [0.2, 0.25) is 0 Å². The van der Waals surface area contributed by atoms with Gasteiger partial charge in [0.1, 0.15) is 6.10 Å². The molecule has 0 saturated carbocycles. The van der Waals surface area contributed by atoms with E-state index in [9.17, 15) is 9.59 Å². The molecule has 1 heterocycles. The molecule has 6 heteroatoms. The number of carbonyl (C=O) groups excluding carboxylic acids is 1. The van der Waals surface area contributed by atoms with Gasteiger partial charge in [0.25, 0.3) is 5.91 Å². The van der Waals surface area contributed by atoms with Crippen LogP contribution < -0.4 is 4.90 Å². The third-order valence-corrected chi connectivity index (χ3v) is 3.35. The number of amides is 1. The van der Waals surface area contributed by atoms with E-state index in [0.717, 1.165) is 0 Å². The zero-order valence-electron chi connectivity index (χ0n) is 11.4. The van der Waals surface area contributed by atoms with Crippen LogP contribution in [-0.2, 0) is 14.3 Å². The van der Waals surface area contributed by atoms with Crippen molar-refractivity contribution in [2.75, 3.05) is 11.4 Å². The summed E-state index contributed by atoms with van der Waals surface area (Å²) in [5.74, 6) is -1.34. The average molecular weight is 288 g/mol. The Morgan fingerprint density at radius 2 is 1.95 bits per heavy atom. The number of carboxylic acid groups (broad SMARTS) is 1. The molecule has 110 valence electrons. The first-order chi connectivity index (χ1) is 10.1. The van der Waals surface area contributed by atoms with Gasteiger partial charge in [-0.2, -0.15) is 5.26 Å². The number of carbonyl (C=O) groups is 2. The first-order valence-corrected chi connectivity index (χ1v) is 6.75. The Kier molecular flexibility index (Phi) is 4.90. The molecule has 1 fully saturated rings. The molecule has 2 unspecified atom stereocenters. The molecule has 1 aliphatic rings.